The van der Waals surface area contributed by atoms with Crippen LogP contribution in [0.4, 0.5) is 0 Å². The van der Waals surface area contributed by atoms with Gasteiger partial charge in [0.1, 0.15) is 12.2 Å². The molecule has 0 fully saturated rings. The van der Waals surface area contributed by atoms with Crippen LogP contribution in [0.25, 0.3) is 0 Å². The third kappa shape index (κ3) is 3.86. The van der Waals surface area contributed by atoms with Crippen molar-refractivity contribution in [2.75, 3.05) is 0 Å². The third-order valence-electron chi connectivity index (χ3n) is 3.04. The van der Waals surface area contributed by atoms with Gasteiger partial charge in [-0.1, -0.05) is 6.07 Å². The third-order valence-corrected chi connectivity index (χ3v) is 3.04. The number of nitrogens with zero attached hydrogens (tertiary/aromatic N) is 4. The first-order valence-corrected chi connectivity index (χ1v) is 6.62. The monoisotopic (exact) mass is 260 g/mol. The molecule has 1 unspecified atom stereocenters. The summed E-state index contributed by atoms with van der Waals surface area (Å²) in [4.78, 5) is 8.28. The molecule has 0 saturated heterocycles. The Balaban J connectivity index is 1.87. The van der Waals surface area contributed by atoms with E-state index in [4.69, 9.17) is 0 Å². The van der Waals surface area contributed by atoms with Crippen molar-refractivity contribution in [2.45, 2.75) is 45.3 Å². The molecule has 0 aliphatic carbocycles. The summed E-state index contributed by atoms with van der Waals surface area (Å²) < 4.78 is 1.85. The van der Waals surface area contributed by atoms with Gasteiger partial charge >= 0.3 is 0 Å². The van der Waals surface area contributed by atoms with Crippen molar-refractivity contribution in [3.63, 3.8) is 0 Å². The first-order chi connectivity index (χ1) is 9.16. The van der Waals surface area contributed by atoms with Gasteiger partial charge in [-0.3, -0.25) is 4.98 Å². The van der Waals surface area contributed by atoms with Gasteiger partial charge in [-0.05, 0) is 38.3 Å². The van der Waals surface area contributed by atoms with Crippen LogP contribution in [-0.2, 0) is 12.8 Å². The van der Waals surface area contributed by atoms with Crippen LogP contribution in [0, 0.1) is 0 Å². The van der Waals surface area contributed by atoms with E-state index in [-0.39, 0.29) is 6.04 Å². The summed E-state index contributed by atoms with van der Waals surface area (Å²) in [6.07, 6.45) is 6.80. The lowest BCUT2D eigenvalue weighted by Gasteiger charge is -2.13. The molecule has 1 atom stereocenters. The van der Waals surface area contributed by atoms with Crippen molar-refractivity contribution in [1.29, 1.82) is 0 Å². The molecule has 102 valence electrons. The van der Waals surface area contributed by atoms with E-state index in [2.05, 4.69) is 28.9 Å². The molecule has 0 bridgehead atoms. The molecule has 0 aromatic carbocycles. The molecule has 2 rings (SSSR count). The molecular weight excluding hydrogens is 240 g/mol. The summed E-state index contributed by atoms with van der Waals surface area (Å²) in [7, 11) is 0. The fourth-order valence-corrected chi connectivity index (χ4v) is 2.04. The maximum absolute atomic E-state index is 10.1. The zero-order chi connectivity index (χ0) is 13.7. The van der Waals surface area contributed by atoms with Crippen LogP contribution in [0.3, 0.4) is 0 Å². The van der Waals surface area contributed by atoms with E-state index >= 15 is 0 Å². The van der Waals surface area contributed by atoms with E-state index in [1.807, 2.05) is 23.0 Å². The van der Waals surface area contributed by atoms with Gasteiger partial charge in [0.25, 0.3) is 0 Å². The second-order valence-corrected chi connectivity index (χ2v) is 4.97. The van der Waals surface area contributed by atoms with Gasteiger partial charge < -0.3 is 5.11 Å². The Morgan fingerprint density at radius 3 is 2.89 bits per heavy atom. The van der Waals surface area contributed by atoms with Gasteiger partial charge in [-0.15, -0.1) is 0 Å². The highest BCUT2D eigenvalue weighted by atomic mass is 16.3. The van der Waals surface area contributed by atoms with Gasteiger partial charge in [0, 0.05) is 24.9 Å². The maximum Gasteiger partial charge on any atom is 0.138 e. The van der Waals surface area contributed by atoms with Gasteiger partial charge in [0.2, 0.25) is 0 Å². The van der Waals surface area contributed by atoms with Crippen LogP contribution >= 0.6 is 0 Å². The largest absolute Gasteiger partial charge is 0.393 e. The molecule has 19 heavy (non-hydrogen) atoms. The SMILES string of the molecule is CC(C)n1ncnc1CC(O)CCc1cccnc1. The maximum atomic E-state index is 10.1. The highest BCUT2D eigenvalue weighted by molar-refractivity contribution is 5.08. The molecule has 5 nitrogen and oxygen atoms in total. The molecule has 1 N–H and O–H groups in total. The minimum absolute atomic E-state index is 0.267. The topological polar surface area (TPSA) is 63.8 Å². The molecule has 2 aromatic rings. The number of hydrogen-bond donors (Lipinski definition) is 1. The summed E-state index contributed by atoms with van der Waals surface area (Å²) in [6, 6.07) is 4.20. The summed E-state index contributed by atoms with van der Waals surface area (Å²) in [6.45, 7) is 4.11. The minimum Gasteiger partial charge on any atom is -0.393 e. The highest BCUT2D eigenvalue weighted by Crippen LogP contribution is 2.11. The van der Waals surface area contributed by atoms with E-state index in [9.17, 15) is 5.11 Å². The average molecular weight is 260 g/mol. The Kier molecular flexibility index (Phi) is 4.63. The van der Waals surface area contributed by atoms with Crippen LogP contribution in [-0.4, -0.2) is 31.0 Å². The molecule has 0 aliphatic heterocycles. The van der Waals surface area contributed by atoms with Crippen LogP contribution < -0.4 is 0 Å². The van der Waals surface area contributed by atoms with Gasteiger partial charge in [0.05, 0.1) is 6.10 Å². The first kappa shape index (κ1) is 13.7. The van der Waals surface area contributed by atoms with Crippen molar-refractivity contribution < 1.29 is 5.11 Å². The van der Waals surface area contributed by atoms with Crippen molar-refractivity contribution in [1.82, 2.24) is 19.7 Å². The molecule has 0 amide bonds. The van der Waals surface area contributed by atoms with Crippen molar-refractivity contribution in [3.05, 3.63) is 42.2 Å². The highest BCUT2D eigenvalue weighted by Gasteiger charge is 2.13. The summed E-state index contributed by atoms with van der Waals surface area (Å²) >= 11 is 0. The Morgan fingerprint density at radius 2 is 2.21 bits per heavy atom. The van der Waals surface area contributed by atoms with Crippen LogP contribution in [0.5, 0.6) is 0 Å². The number of aromatic nitrogens is 4. The molecule has 0 radical (unpaired) electrons. The van der Waals surface area contributed by atoms with E-state index in [0.29, 0.717) is 12.8 Å². The Morgan fingerprint density at radius 1 is 1.37 bits per heavy atom. The van der Waals surface area contributed by atoms with Crippen LogP contribution in [0.1, 0.15) is 37.7 Å². The molecule has 2 heterocycles. The van der Waals surface area contributed by atoms with Crippen LogP contribution in [0.15, 0.2) is 30.9 Å². The van der Waals surface area contributed by atoms with E-state index in [1.165, 1.54) is 0 Å². The minimum atomic E-state index is -0.401. The summed E-state index contributed by atoms with van der Waals surface area (Å²) in [5.41, 5.74) is 1.15. The number of aliphatic hydroxyl groups excluding tert-OH is 1. The quantitative estimate of drug-likeness (QED) is 0.860. The molecule has 0 spiro atoms. The van der Waals surface area contributed by atoms with Crippen molar-refractivity contribution >= 4 is 0 Å². The zero-order valence-electron chi connectivity index (χ0n) is 11.4. The standard InChI is InChI=1S/C14H20N4O/c1-11(2)18-14(16-10-17-18)8-13(19)6-5-12-4-3-7-15-9-12/h3-4,7,9-11,13,19H,5-6,8H2,1-2H3. The number of pyridine rings is 1. The number of rotatable bonds is 6. The normalized spacial score (nSPS) is 12.8. The Hall–Kier alpha value is -1.75. The van der Waals surface area contributed by atoms with Gasteiger partial charge in [-0.25, -0.2) is 9.67 Å². The average Bonchev–Trinajstić information content (AvgIpc) is 2.86. The Bertz CT molecular complexity index is 495. The van der Waals surface area contributed by atoms with Crippen LogP contribution in [0.2, 0.25) is 0 Å². The number of hydrogen-bond acceptors (Lipinski definition) is 4. The number of aryl methyl sites for hydroxylation is 1. The molecule has 5 heteroatoms. The predicted octanol–water partition coefficient (Wildman–Crippen LogP) is 1.79. The number of aliphatic hydroxyl groups is 1. The summed E-state index contributed by atoms with van der Waals surface area (Å²) in [5.74, 6) is 0.841. The second-order valence-electron chi connectivity index (χ2n) is 4.97. The lowest BCUT2D eigenvalue weighted by Crippen LogP contribution is -2.17. The van der Waals surface area contributed by atoms with Crippen molar-refractivity contribution in [2.24, 2.45) is 0 Å². The Labute approximate surface area is 113 Å². The first-order valence-electron chi connectivity index (χ1n) is 6.62. The molecule has 2 aromatic heterocycles. The molecular formula is C14H20N4O. The van der Waals surface area contributed by atoms with Gasteiger partial charge in [0.15, 0.2) is 0 Å². The van der Waals surface area contributed by atoms with E-state index in [0.717, 1.165) is 17.8 Å². The zero-order valence-corrected chi connectivity index (χ0v) is 11.4. The lowest BCUT2D eigenvalue weighted by atomic mass is 10.1. The van der Waals surface area contributed by atoms with Gasteiger partial charge in [-0.2, -0.15) is 5.10 Å². The second kappa shape index (κ2) is 6.43. The predicted molar refractivity (Wildman–Crippen MR) is 72.7 cm³/mol. The van der Waals surface area contributed by atoms with E-state index in [1.54, 1.807) is 12.5 Å². The molecule has 0 saturated carbocycles. The fourth-order valence-electron chi connectivity index (χ4n) is 2.04. The molecule has 0 aliphatic rings. The lowest BCUT2D eigenvalue weighted by molar-refractivity contribution is 0.160. The summed E-state index contributed by atoms with van der Waals surface area (Å²) in [5, 5.41) is 14.3. The smallest absolute Gasteiger partial charge is 0.138 e. The van der Waals surface area contributed by atoms with E-state index < -0.39 is 6.10 Å². The fraction of sp³-hybridized carbons (Fsp3) is 0.500. The van der Waals surface area contributed by atoms with Crippen molar-refractivity contribution in [3.8, 4) is 0 Å².